The van der Waals surface area contributed by atoms with Gasteiger partial charge in [0.15, 0.2) is 0 Å². The highest BCUT2D eigenvalue weighted by Crippen LogP contribution is 2.13. The van der Waals surface area contributed by atoms with Crippen molar-refractivity contribution in [1.29, 1.82) is 0 Å². The number of benzene rings is 1. The second-order valence-corrected chi connectivity index (χ2v) is 5.88. The van der Waals surface area contributed by atoms with Crippen molar-refractivity contribution in [3.05, 3.63) is 29.8 Å². The predicted octanol–water partition coefficient (Wildman–Crippen LogP) is 2.33. The maximum atomic E-state index is 5.72. The summed E-state index contributed by atoms with van der Waals surface area (Å²) in [6.07, 6.45) is 3.96. The number of hydrogen-bond acceptors (Lipinski definition) is 4. The number of ether oxygens (including phenoxy) is 2. The van der Waals surface area contributed by atoms with Crippen LogP contribution in [0.3, 0.4) is 0 Å². The first-order valence-electron chi connectivity index (χ1n) is 8.49. The van der Waals surface area contributed by atoms with Crippen molar-refractivity contribution >= 4 is 0 Å². The molecule has 1 aromatic carbocycles. The molecule has 1 atom stereocenters. The van der Waals surface area contributed by atoms with E-state index in [1.165, 1.54) is 18.4 Å². The zero-order valence-corrected chi connectivity index (χ0v) is 14.0. The third kappa shape index (κ3) is 5.95. The molecule has 1 unspecified atom stereocenters. The Morgan fingerprint density at radius 1 is 1.27 bits per heavy atom. The molecule has 0 bridgehead atoms. The number of nitrogens with one attached hydrogen (secondary N) is 1. The third-order valence-corrected chi connectivity index (χ3v) is 4.29. The van der Waals surface area contributed by atoms with Gasteiger partial charge < -0.3 is 14.8 Å². The SMILES string of the molecule is CCN(CCNCCc1ccc(OC)cc1)CC1CCCO1. The van der Waals surface area contributed by atoms with E-state index in [0.717, 1.165) is 51.5 Å². The van der Waals surface area contributed by atoms with Gasteiger partial charge in [0.2, 0.25) is 0 Å². The Morgan fingerprint density at radius 3 is 2.73 bits per heavy atom. The molecule has 1 aliphatic heterocycles. The summed E-state index contributed by atoms with van der Waals surface area (Å²) in [5.74, 6) is 0.921. The third-order valence-electron chi connectivity index (χ3n) is 4.29. The van der Waals surface area contributed by atoms with Crippen molar-refractivity contribution in [2.24, 2.45) is 0 Å². The van der Waals surface area contributed by atoms with E-state index in [4.69, 9.17) is 9.47 Å². The van der Waals surface area contributed by atoms with Gasteiger partial charge >= 0.3 is 0 Å². The minimum Gasteiger partial charge on any atom is -0.497 e. The molecule has 0 saturated carbocycles. The molecule has 0 aliphatic carbocycles. The Balaban J connectivity index is 1.57. The molecule has 1 aliphatic rings. The molecule has 1 fully saturated rings. The number of rotatable bonds is 10. The lowest BCUT2D eigenvalue weighted by Gasteiger charge is -2.23. The minimum absolute atomic E-state index is 0.458. The van der Waals surface area contributed by atoms with Crippen LogP contribution in [0.4, 0.5) is 0 Å². The van der Waals surface area contributed by atoms with Crippen LogP contribution in [-0.2, 0) is 11.2 Å². The lowest BCUT2D eigenvalue weighted by molar-refractivity contribution is 0.0752. The highest BCUT2D eigenvalue weighted by atomic mass is 16.5. The van der Waals surface area contributed by atoms with E-state index in [0.29, 0.717) is 6.10 Å². The molecule has 22 heavy (non-hydrogen) atoms. The van der Waals surface area contributed by atoms with E-state index in [2.05, 4.69) is 29.3 Å². The summed E-state index contributed by atoms with van der Waals surface area (Å²) in [6, 6.07) is 8.32. The van der Waals surface area contributed by atoms with Crippen LogP contribution in [0.5, 0.6) is 5.75 Å². The predicted molar refractivity (Wildman–Crippen MR) is 90.7 cm³/mol. The Morgan fingerprint density at radius 2 is 2.09 bits per heavy atom. The topological polar surface area (TPSA) is 33.7 Å². The van der Waals surface area contributed by atoms with E-state index in [9.17, 15) is 0 Å². The largest absolute Gasteiger partial charge is 0.497 e. The van der Waals surface area contributed by atoms with E-state index in [1.807, 2.05) is 12.1 Å². The van der Waals surface area contributed by atoms with Crippen molar-refractivity contribution in [2.75, 3.05) is 46.4 Å². The number of hydrogen-bond donors (Lipinski definition) is 1. The van der Waals surface area contributed by atoms with Crippen LogP contribution in [0.1, 0.15) is 25.3 Å². The molecule has 4 nitrogen and oxygen atoms in total. The fraction of sp³-hybridized carbons (Fsp3) is 0.667. The summed E-state index contributed by atoms with van der Waals surface area (Å²) >= 11 is 0. The first-order chi connectivity index (χ1) is 10.8. The van der Waals surface area contributed by atoms with E-state index in [-0.39, 0.29) is 0 Å². The average molecular weight is 306 g/mol. The highest BCUT2D eigenvalue weighted by molar-refractivity contribution is 5.27. The zero-order valence-electron chi connectivity index (χ0n) is 14.0. The van der Waals surface area contributed by atoms with Crippen molar-refractivity contribution in [1.82, 2.24) is 10.2 Å². The van der Waals surface area contributed by atoms with E-state index < -0.39 is 0 Å². The van der Waals surface area contributed by atoms with Crippen LogP contribution in [0.25, 0.3) is 0 Å². The number of methoxy groups -OCH3 is 1. The van der Waals surface area contributed by atoms with Gasteiger partial charge in [-0.05, 0) is 50.0 Å². The van der Waals surface area contributed by atoms with Crippen molar-refractivity contribution in [3.8, 4) is 5.75 Å². The van der Waals surface area contributed by atoms with Crippen LogP contribution in [-0.4, -0.2) is 57.4 Å². The molecular formula is C18H30N2O2. The quantitative estimate of drug-likeness (QED) is 0.673. The first-order valence-corrected chi connectivity index (χ1v) is 8.49. The molecule has 1 saturated heterocycles. The van der Waals surface area contributed by atoms with Gasteiger partial charge in [0, 0.05) is 26.2 Å². The lowest BCUT2D eigenvalue weighted by Crippen LogP contribution is -2.37. The minimum atomic E-state index is 0.458. The Labute approximate surface area is 134 Å². The molecule has 0 amide bonds. The maximum absolute atomic E-state index is 5.72. The van der Waals surface area contributed by atoms with Gasteiger partial charge in [-0.3, -0.25) is 4.90 Å². The van der Waals surface area contributed by atoms with Gasteiger partial charge in [-0.2, -0.15) is 0 Å². The summed E-state index contributed by atoms with van der Waals surface area (Å²) in [6.45, 7) is 8.50. The summed E-state index contributed by atoms with van der Waals surface area (Å²) in [4.78, 5) is 2.48. The van der Waals surface area contributed by atoms with Gasteiger partial charge in [-0.1, -0.05) is 19.1 Å². The Kier molecular flexibility index (Phi) is 7.71. The Bertz CT molecular complexity index is 402. The van der Waals surface area contributed by atoms with Gasteiger partial charge in [-0.25, -0.2) is 0 Å². The Hall–Kier alpha value is -1.10. The van der Waals surface area contributed by atoms with Crippen molar-refractivity contribution in [2.45, 2.75) is 32.3 Å². The molecule has 4 heteroatoms. The van der Waals surface area contributed by atoms with Crippen molar-refractivity contribution in [3.63, 3.8) is 0 Å². The fourth-order valence-electron chi connectivity index (χ4n) is 2.84. The molecule has 0 spiro atoms. The highest BCUT2D eigenvalue weighted by Gasteiger charge is 2.17. The van der Waals surface area contributed by atoms with E-state index >= 15 is 0 Å². The summed E-state index contributed by atoms with van der Waals surface area (Å²) in [7, 11) is 1.70. The van der Waals surface area contributed by atoms with Crippen molar-refractivity contribution < 1.29 is 9.47 Å². The standard InChI is InChI=1S/C18H30N2O2/c1-3-20(15-18-5-4-14-22-18)13-12-19-11-10-16-6-8-17(21-2)9-7-16/h6-9,18-19H,3-5,10-15H2,1-2H3. The molecule has 1 aromatic rings. The van der Waals surface area contributed by atoms with Gasteiger partial charge in [0.1, 0.15) is 5.75 Å². The van der Waals surface area contributed by atoms with Crippen LogP contribution >= 0.6 is 0 Å². The fourth-order valence-corrected chi connectivity index (χ4v) is 2.84. The number of likely N-dealkylation sites (N-methyl/N-ethyl adjacent to an activating group) is 1. The van der Waals surface area contributed by atoms with Gasteiger partial charge in [-0.15, -0.1) is 0 Å². The smallest absolute Gasteiger partial charge is 0.118 e. The number of nitrogens with zero attached hydrogens (tertiary/aromatic N) is 1. The van der Waals surface area contributed by atoms with Crippen LogP contribution in [0, 0.1) is 0 Å². The summed E-state index contributed by atoms with van der Waals surface area (Å²) in [5, 5.41) is 3.54. The van der Waals surface area contributed by atoms with Gasteiger partial charge in [0.05, 0.1) is 13.2 Å². The zero-order chi connectivity index (χ0) is 15.6. The van der Waals surface area contributed by atoms with E-state index in [1.54, 1.807) is 7.11 Å². The molecular weight excluding hydrogens is 276 g/mol. The molecule has 1 N–H and O–H groups in total. The normalized spacial score (nSPS) is 18.0. The first kappa shape index (κ1) is 17.3. The lowest BCUT2D eigenvalue weighted by atomic mass is 10.1. The summed E-state index contributed by atoms with van der Waals surface area (Å²) in [5.41, 5.74) is 1.35. The molecule has 0 radical (unpaired) electrons. The molecule has 124 valence electrons. The summed E-state index contributed by atoms with van der Waals surface area (Å²) < 4.78 is 10.9. The van der Waals surface area contributed by atoms with Gasteiger partial charge in [0.25, 0.3) is 0 Å². The maximum Gasteiger partial charge on any atom is 0.118 e. The van der Waals surface area contributed by atoms with Crippen LogP contribution in [0.15, 0.2) is 24.3 Å². The molecule has 2 rings (SSSR count). The average Bonchev–Trinajstić information content (AvgIpc) is 3.07. The molecule has 0 aromatic heterocycles. The molecule has 1 heterocycles. The second-order valence-electron chi connectivity index (χ2n) is 5.88. The van der Waals surface area contributed by atoms with Crippen LogP contribution < -0.4 is 10.1 Å². The second kappa shape index (κ2) is 9.82. The monoisotopic (exact) mass is 306 g/mol. The van der Waals surface area contributed by atoms with Crippen LogP contribution in [0.2, 0.25) is 0 Å².